The van der Waals surface area contributed by atoms with Gasteiger partial charge >= 0.3 is 5.97 Å². The van der Waals surface area contributed by atoms with Crippen LogP contribution in [0.15, 0.2) is 11.3 Å². The Balaban J connectivity index is 0.00000264. The summed E-state index contributed by atoms with van der Waals surface area (Å²) < 4.78 is 7.14. The monoisotopic (exact) mass is 436 g/mol. The predicted octanol–water partition coefficient (Wildman–Crippen LogP) is 0.718. The first-order valence-electron chi connectivity index (χ1n) is 7.43. The highest BCUT2D eigenvalue weighted by atomic mass is 127. The number of fused-ring (bicyclic) bond motifs is 1. The highest BCUT2D eigenvalue weighted by Crippen LogP contribution is 2.11. The summed E-state index contributed by atoms with van der Waals surface area (Å²) in [7, 11) is 1.67. The maximum Gasteiger partial charge on any atom is 0.325 e. The van der Waals surface area contributed by atoms with Crippen molar-refractivity contribution in [1.29, 1.82) is 0 Å². The number of nitrogens with zero attached hydrogens (tertiary/aromatic N) is 4. The molecule has 0 amide bonds. The van der Waals surface area contributed by atoms with Crippen LogP contribution in [-0.2, 0) is 22.5 Å². The number of hydrogen-bond acceptors (Lipinski definition) is 5. The third-order valence-electron chi connectivity index (χ3n) is 3.19. The van der Waals surface area contributed by atoms with Crippen LogP contribution < -0.4 is 10.6 Å². The number of aliphatic imine (C=N–C) groups is 1. The van der Waals surface area contributed by atoms with Gasteiger partial charge in [0.1, 0.15) is 24.3 Å². The molecule has 0 aromatic carbocycles. The second-order valence-electron chi connectivity index (χ2n) is 6.25. The first kappa shape index (κ1) is 19.7. The number of carbonyl (C=O) groups is 1. The Morgan fingerprint density at radius 3 is 2.91 bits per heavy atom. The fourth-order valence-electron chi connectivity index (χ4n) is 2.28. The van der Waals surface area contributed by atoms with Gasteiger partial charge in [0, 0.05) is 19.5 Å². The average Bonchev–Trinajstić information content (AvgIpc) is 2.88. The summed E-state index contributed by atoms with van der Waals surface area (Å²) in [5.41, 5.74) is -0.484. The molecule has 0 spiro atoms. The van der Waals surface area contributed by atoms with Gasteiger partial charge in [-0.25, -0.2) is 9.67 Å². The van der Waals surface area contributed by atoms with Crippen molar-refractivity contribution in [2.45, 2.75) is 51.8 Å². The van der Waals surface area contributed by atoms with E-state index in [4.69, 9.17) is 4.74 Å². The molecule has 2 heterocycles. The highest BCUT2D eigenvalue weighted by Gasteiger charge is 2.21. The third-order valence-corrected chi connectivity index (χ3v) is 3.19. The topological polar surface area (TPSA) is 93.4 Å². The lowest BCUT2D eigenvalue weighted by Gasteiger charge is -2.25. The quantitative estimate of drug-likeness (QED) is 0.314. The van der Waals surface area contributed by atoms with Gasteiger partial charge in [0.25, 0.3) is 0 Å². The van der Waals surface area contributed by atoms with Gasteiger partial charge in [-0.3, -0.25) is 9.79 Å². The van der Waals surface area contributed by atoms with Crippen molar-refractivity contribution >= 4 is 35.9 Å². The molecule has 23 heavy (non-hydrogen) atoms. The van der Waals surface area contributed by atoms with Crippen LogP contribution in [0.1, 0.15) is 33.0 Å². The Morgan fingerprint density at radius 1 is 1.52 bits per heavy atom. The molecule has 0 fully saturated rings. The number of aromatic nitrogens is 3. The van der Waals surface area contributed by atoms with Crippen molar-refractivity contribution in [2.24, 2.45) is 4.99 Å². The minimum Gasteiger partial charge on any atom is -0.459 e. The number of ether oxygens (including phenoxy) is 1. The predicted molar refractivity (Wildman–Crippen MR) is 97.9 cm³/mol. The second kappa shape index (κ2) is 8.46. The Labute approximate surface area is 153 Å². The van der Waals surface area contributed by atoms with Crippen molar-refractivity contribution in [3.8, 4) is 0 Å². The number of nitrogens with one attached hydrogen (secondary N) is 2. The number of carbonyl (C=O) groups excluding carboxylic acids is 1. The number of esters is 1. The summed E-state index contributed by atoms with van der Waals surface area (Å²) in [4.78, 5) is 20.0. The summed E-state index contributed by atoms with van der Waals surface area (Å²) in [6.07, 6.45) is 3.40. The van der Waals surface area contributed by atoms with E-state index in [1.807, 2.05) is 25.5 Å². The van der Waals surface area contributed by atoms with Gasteiger partial charge in [0.05, 0.1) is 6.54 Å². The molecule has 0 aliphatic carbocycles. The number of halogens is 1. The van der Waals surface area contributed by atoms with Crippen LogP contribution in [-0.4, -0.2) is 51.9 Å². The molecular weight excluding hydrogens is 411 g/mol. The normalized spacial score (nSPS) is 17.7. The van der Waals surface area contributed by atoms with Gasteiger partial charge < -0.3 is 15.4 Å². The van der Waals surface area contributed by atoms with E-state index in [0.29, 0.717) is 5.96 Å². The standard InChI is InChI=1S/C14H24N6O2.HI/c1-14(2,3)22-12(21)7-16-13(15-4)19-10-5-6-11-17-9-18-20(11)8-10;/h9-10H,5-8H2,1-4H3,(H2,15,16,19);1H. The fourth-order valence-corrected chi connectivity index (χ4v) is 2.28. The maximum absolute atomic E-state index is 11.7. The van der Waals surface area contributed by atoms with Crippen LogP contribution >= 0.6 is 24.0 Å². The van der Waals surface area contributed by atoms with Crippen molar-refractivity contribution in [3.63, 3.8) is 0 Å². The van der Waals surface area contributed by atoms with Gasteiger partial charge in [-0.2, -0.15) is 5.10 Å². The second-order valence-corrected chi connectivity index (χ2v) is 6.25. The van der Waals surface area contributed by atoms with Gasteiger partial charge in [-0.15, -0.1) is 24.0 Å². The van der Waals surface area contributed by atoms with Crippen molar-refractivity contribution in [1.82, 2.24) is 25.4 Å². The summed E-state index contributed by atoms with van der Waals surface area (Å²) in [5, 5.41) is 10.5. The Hall–Kier alpha value is -1.39. The molecule has 1 atom stereocenters. The minimum absolute atomic E-state index is 0. The first-order valence-corrected chi connectivity index (χ1v) is 7.43. The minimum atomic E-state index is -0.484. The molecule has 130 valence electrons. The molecule has 0 saturated heterocycles. The largest absolute Gasteiger partial charge is 0.459 e. The van der Waals surface area contributed by atoms with E-state index in [2.05, 4.69) is 25.7 Å². The van der Waals surface area contributed by atoms with Crippen LogP contribution in [0.5, 0.6) is 0 Å². The lowest BCUT2D eigenvalue weighted by Crippen LogP contribution is -2.48. The van der Waals surface area contributed by atoms with Crippen molar-refractivity contribution in [2.75, 3.05) is 13.6 Å². The van der Waals surface area contributed by atoms with E-state index in [9.17, 15) is 4.79 Å². The molecule has 8 nitrogen and oxygen atoms in total. The number of aryl methyl sites for hydroxylation is 1. The van der Waals surface area contributed by atoms with Gasteiger partial charge in [-0.05, 0) is 27.2 Å². The zero-order valence-corrected chi connectivity index (χ0v) is 16.3. The van der Waals surface area contributed by atoms with E-state index >= 15 is 0 Å². The summed E-state index contributed by atoms with van der Waals surface area (Å²) in [6, 6.07) is 0.207. The summed E-state index contributed by atoms with van der Waals surface area (Å²) in [5.74, 6) is 1.28. The van der Waals surface area contributed by atoms with Crippen molar-refractivity contribution in [3.05, 3.63) is 12.2 Å². The smallest absolute Gasteiger partial charge is 0.325 e. The van der Waals surface area contributed by atoms with Crippen LogP contribution in [0.4, 0.5) is 0 Å². The molecule has 2 rings (SSSR count). The lowest BCUT2D eigenvalue weighted by atomic mass is 10.1. The van der Waals surface area contributed by atoms with Crippen LogP contribution in [0.25, 0.3) is 0 Å². The van der Waals surface area contributed by atoms with Crippen LogP contribution in [0.3, 0.4) is 0 Å². The zero-order valence-electron chi connectivity index (χ0n) is 14.0. The van der Waals surface area contributed by atoms with Crippen LogP contribution in [0.2, 0.25) is 0 Å². The van der Waals surface area contributed by atoms with Gasteiger partial charge in [0.2, 0.25) is 0 Å². The molecular formula is C14H25IN6O2. The van der Waals surface area contributed by atoms with Gasteiger partial charge in [-0.1, -0.05) is 0 Å². The summed E-state index contributed by atoms with van der Waals surface area (Å²) in [6.45, 7) is 6.35. The fraction of sp³-hybridized carbons (Fsp3) is 0.714. The lowest BCUT2D eigenvalue weighted by molar-refractivity contribution is -0.153. The van der Waals surface area contributed by atoms with E-state index in [0.717, 1.165) is 25.2 Å². The maximum atomic E-state index is 11.7. The number of hydrogen-bond donors (Lipinski definition) is 2. The van der Waals surface area contributed by atoms with E-state index in [1.54, 1.807) is 13.4 Å². The molecule has 1 aliphatic rings. The molecule has 1 aromatic heterocycles. The molecule has 1 unspecified atom stereocenters. The van der Waals surface area contributed by atoms with E-state index < -0.39 is 5.60 Å². The highest BCUT2D eigenvalue weighted by molar-refractivity contribution is 14.0. The zero-order chi connectivity index (χ0) is 16.2. The van der Waals surface area contributed by atoms with Gasteiger partial charge in [0.15, 0.2) is 5.96 Å². The Bertz CT molecular complexity index is 552. The van der Waals surface area contributed by atoms with E-state index in [-0.39, 0.29) is 42.5 Å². The Morgan fingerprint density at radius 2 is 2.26 bits per heavy atom. The first-order chi connectivity index (χ1) is 10.4. The number of guanidine groups is 1. The molecule has 0 bridgehead atoms. The Kier molecular flexibility index (Phi) is 7.23. The molecule has 0 saturated carbocycles. The molecule has 1 aromatic rings. The van der Waals surface area contributed by atoms with Crippen molar-refractivity contribution < 1.29 is 9.53 Å². The third kappa shape index (κ3) is 6.32. The molecule has 9 heteroatoms. The average molecular weight is 436 g/mol. The SMILES string of the molecule is CN=C(NCC(=O)OC(C)(C)C)NC1CCc2ncnn2C1.I. The molecule has 0 radical (unpaired) electrons. The van der Waals surface area contributed by atoms with E-state index in [1.165, 1.54) is 0 Å². The molecule has 2 N–H and O–H groups in total. The number of rotatable bonds is 3. The van der Waals surface area contributed by atoms with Crippen LogP contribution in [0, 0.1) is 0 Å². The molecule has 1 aliphatic heterocycles. The summed E-state index contributed by atoms with van der Waals surface area (Å²) >= 11 is 0.